The van der Waals surface area contributed by atoms with E-state index in [4.69, 9.17) is 9.72 Å². The number of pyridine rings is 1. The van der Waals surface area contributed by atoms with Crippen LogP contribution in [0, 0.1) is 12.7 Å². The summed E-state index contributed by atoms with van der Waals surface area (Å²) >= 11 is 0. The number of aryl methyl sites for hydroxylation is 1. The number of anilines is 1. The number of aromatic nitrogens is 1. The van der Waals surface area contributed by atoms with Crippen LogP contribution < -0.4 is 4.90 Å². The summed E-state index contributed by atoms with van der Waals surface area (Å²) < 4.78 is 34.3. The van der Waals surface area contributed by atoms with Gasteiger partial charge in [-0.2, -0.15) is 0 Å². The number of phenols is 1. The van der Waals surface area contributed by atoms with Crippen molar-refractivity contribution in [3.8, 4) is 16.9 Å². The fourth-order valence-electron chi connectivity index (χ4n) is 4.82. The lowest BCUT2D eigenvalue weighted by molar-refractivity contribution is -0.152. The molecule has 0 bridgehead atoms. The molecule has 172 valence electrons. The Hall–Kier alpha value is -3.26. The zero-order valence-electron chi connectivity index (χ0n) is 18.1. The minimum absolute atomic E-state index is 0.0370. The van der Waals surface area contributed by atoms with Gasteiger partial charge in [-0.05, 0) is 66.6 Å². The second-order valence-corrected chi connectivity index (χ2v) is 8.90. The summed E-state index contributed by atoms with van der Waals surface area (Å²) in [6, 6.07) is 9.81. The number of aromatic hydroxyl groups is 1. The number of carboxylic acid groups (broad SMARTS) is 1. The standard InChI is InChI=1S/C25H24F2N2O4/c1-14-10-16(2-5-19(14)26)21-18-4-3-17(30)11-20(18)28-23(22(21)15-6-8-33-9-7-15)29-12-25(27,13-29)24(31)32/h2-5,10-11,15,30H,6-9,12-13H2,1H3,(H,31,32). The van der Waals surface area contributed by atoms with E-state index in [-0.39, 0.29) is 30.6 Å². The molecule has 2 aliphatic heterocycles. The first-order valence-electron chi connectivity index (χ1n) is 10.9. The van der Waals surface area contributed by atoms with E-state index in [1.54, 1.807) is 36.1 Å². The van der Waals surface area contributed by atoms with Crippen molar-refractivity contribution in [3.05, 3.63) is 53.3 Å². The molecule has 6 nitrogen and oxygen atoms in total. The molecule has 1 aromatic heterocycles. The highest BCUT2D eigenvalue weighted by atomic mass is 19.1. The molecule has 0 radical (unpaired) electrons. The number of hydrogen-bond donors (Lipinski definition) is 2. The summed E-state index contributed by atoms with van der Waals surface area (Å²) in [4.78, 5) is 17.8. The maximum atomic E-state index is 14.7. The summed E-state index contributed by atoms with van der Waals surface area (Å²) in [6.07, 6.45) is 1.47. The molecular weight excluding hydrogens is 430 g/mol. The van der Waals surface area contributed by atoms with Crippen LogP contribution in [0.1, 0.15) is 29.9 Å². The Morgan fingerprint density at radius 3 is 2.58 bits per heavy atom. The highest BCUT2D eigenvalue weighted by molar-refractivity contribution is 6.00. The van der Waals surface area contributed by atoms with Crippen LogP contribution in [0.15, 0.2) is 36.4 Å². The summed E-state index contributed by atoms with van der Waals surface area (Å²) in [5, 5.41) is 20.1. The van der Waals surface area contributed by atoms with Gasteiger partial charge in [0.25, 0.3) is 0 Å². The molecular formula is C25H24F2N2O4. The molecule has 8 heteroatoms. The predicted molar refractivity (Wildman–Crippen MR) is 120 cm³/mol. The number of fused-ring (bicyclic) bond motifs is 1. The normalized spacial score (nSPS) is 18.3. The smallest absolute Gasteiger partial charge is 0.345 e. The molecule has 3 aromatic rings. The van der Waals surface area contributed by atoms with Crippen molar-refractivity contribution in [3.63, 3.8) is 0 Å². The van der Waals surface area contributed by atoms with Gasteiger partial charge in [-0.3, -0.25) is 0 Å². The van der Waals surface area contributed by atoms with Gasteiger partial charge in [0.2, 0.25) is 5.67 Å². The van der Waals surface area contributed by atoms with Crippen LogP contribution >= 0.6 is 0 Å². The van der Waals surface area contributed by atoms with E-state index < -0.39 is 11.6 Å². The number of halogens is 2. The molecule has 0 saturated carbocycles. The SMILES string of the molecule is Cc1cc(-c2c(C3CCOCC3)c(N3CC(F)(C(=O)O)C3)nc3cc(O)ccc23)ccc1F. The van der Waals surface area contributed by atoms with Gasteiger partial charge in [0.1, 0.15) is 17.4 Å². The van der Waals surface area contributed by atoms with Gasteiger partial charge in [-0.1, -0.05) is 6.07 Å². The fourth-order valence-corrected chi connectivity index (χ4v) is 4.82. The molecule has 2 saturated heterocycles. The average molecular weight is 454 g/mol. The topological polar surface area (TPSA) is 82.9 Å². The van der Waals surface area contributed by atoms with Crippen molar-refractivity contribution in [2.24, 2.45) is 0 Å². The number of carboxylic acids is 1. The van der Waals surface area contributed by atoms with Crippen LogP contribution in [0.2, 0.25) is 0 Å². The van der Waals surface area contributed by atoms with Crippen molar-refractivity contribution >= 4 is 22.7 Å². The Bertz CT molecular complexity index is 1250. The number of carbonyl (C=O) groups is 1. The van der Waals surface area contributed by atoms with Crippen molar-refractivity contribution in [1.29, 1.82) is 0 Å². The summed E-state index contributed by atoms with van der Waals surface area (Å²) in [5.74, 6) is -1.20. The highest BCUT2D eigenvalue weighted by Crippen LogP contribution is 2.46. The number of benzene rings is 2. The van der Waals surface area contributed by atoms with Crippen molar-refractivity contribution < 1.29 is 28.5 Å². The van der Waals surface area contributed by atoms with E-state index in [1.807, 2.05) is 0 Å². The molecule has 0 atom stereocenters. The summed E-state index contributed by atoms with van der Waals surface area (Å²) in [7, 11) is 0. The van der Waals surface area contributed by atoms with E-state index in [9.17, 15) is 23.8 Å². The van der Waals surface area contributed by atoms with Crippen LogP contribution in [0.25, 0.3) is 22.0 Å². The second kappa shape index (κ2) is 7.95. The molecule has 2 aliphatic rings. The molecule has 2 fully saturated rings. The van der Waals surface area contributed by atoms with Gasteiger partial charge in [-0.25, -0.2) is 18.6 Å². The van der Waals surface area contributed by atoms with E-state index in [0.717, 1.165) is 34.9 Å². The number of ether oxygens (including phenoxy) is 1. The number of aliphatic carboxylic acids is 1. The first-order valence-corrected chi connectivity index (χ1v) is 10.9. The van der Waals surface area contributed by atoms with Gasteiger partial charge in [0, 0.05) is 30.2 Å². The minimum atomic E-state index is -2.32. The monoisotopic (exact) mass is 454 g/mol. The van der Waals surface area contributed by atoms with Crippen LogP contribution in [-0.2, 0) is 9.53 Å². The first kappa shape index (κ1) is 21.6. The summed E-state index contributed by atoms with van der Waals surface area (Å²) in [5.41, 5.74) is 1.19. The van der Waals surface area contributed by atoms with Gasteiger partial charge in [0.05, 0.1) is 18.6 Å². The molecule has 5 rings (SSSR count). The molecule has 0 unspecified atom stereocenters. The van der Waals surface area contributed by atoms with Gasteiger partial charge in [-0.15, -0.1) is 0 Å². The fraction of sp³-hybridized carbons (Fsp3) is 0.360. The predicted octanol–water partition coefficient (Wildman–Crippen LogP) is 4.56. The lowest BCUT2D eigenvalue weighted by Gasteiger charge is -2.44. The zero-order chi connectivity index (χ0) is 23.3. The van der Waals surface area contributed by atoms with Crippen molar-refractivity contribution in [1.82, 2.24) is 4.98 Å². The van der Waals surface area contributed by atoms with Crippen molar-refractivity contribution in [2.75, 3.05) is 31.2 Å². The lowest BCUT2D eigenvalue weighted by Crippen LogP contribution is -2.64. The van der Waals surface area contributed by atoms with Gasteiger partial charge < -0.3 is 19.8 Å². The number of alkyl halides is 1. The van der Waals surface area contributed by atoms with Crippen LogP contribution in [-0.4, -0.2) is 53.1 Å². The maximum absolute atomic E-state index is 14.7. The summed E-state index contributed by atoms with van der Waals surface area (Å²) in [6.45, 7) is 2.22. The molecule has 0 spiro atoms. The van der Waals surface area contributed by atoms with Crippen LogP contribution in [0.3, 0.4) is 0 Å². The van der Waals surface area contributed by atoms with E-state index in [2.05, 4.69) is 0 Å². The third-order valence-electron chi connectivity index (χ3n) is 6.63. The number of nitrogens with zero attached hydrogens (tertiary/aromatic N) is 2. The molecule has 0 amide bonds. The maximum Gasteiger partial charge on any atom is 0.345 e. The van der Waals surface area contributed by atoms with Crippen LogP contribution in [0.5, 0.6) is 5.75 Å². The third kappa shape index (κ3) is 3.68. The van der Waals surface area contributed by atoms with Crippen LogP contribution in [0.4, 0.5) is 14.6 Å². The largest absolute Gasteiger partial charge is 0.508 e. The Kier molecular flexibility index (Phi) is 5.20. The van der Waals surface area contributed by atoms with E-state index >= 15 is 0 Å². The number of hydrogen-bond acceptors (Lipinski definition) is 5. The van der Waals surface area contributed by atoms with Gasteiger partial charge in [0.15, 0.2) is 0 Å². The molecule has 0 aliphatic carbocycles. The second-order valence-electron chi connectivity index (χ2n) is 8.90. The molecule has 33 heavy (non-hydrogen) atoms. The average Bonchev–Trinajstić information content (AvgIpc) is 2.78. The Morgan fingerprint density at radius 2 is 1.91 bits per heavy atom. The molecule has 2 aromatic carbocycles. The molecule has 3 heterocycles. The minimum Gasteiger partial charge on any atom is -0.508 e. The lowest BCUT2D eigenvalue weighted by atomic mass is 9.82. The van der Waals surface area contributed by atoms with Crippen molar-refractivity contribution in [2.45, 2.75) is 31.4 Å². The number of rotatable bonds is 4. The third-order valence-corrected chi connectivity index (χ3v) is 6.63. The Balaban J connectivity index is 1.78. The highest BCUT2D eigenvalue weighted by Gasteiger charge is 2.52. The zero-order valence-corrected chi connectivity index (χ0v) is 18.1. The Morgan fingerprint density at radius 1 is 1.18 bits per heavy atom. The Labute approximate surface area is 189 Å². The van der Waals surface area contributed by atoms with E-state index in [1.165, 1.54) is 12.1 Å². The molecule has 2 N–H and O–H groups in total. The first-order chi connectivity index (χ1) is 15.8. The quantitative estimate of drug-likeness (QED) is 0.601. The van der Waals surface area contributed by atoms with Gasteiger partial charge >= 0.3 is 5.97 Å². The van der Waals surface area contributed by atoms with E-state index in [0.29, 0.717) is 30.1 Å². The number of phenolic OH excluding ortho intramolecular Hbond substituents is 1.